The summed E-state index contributed by atoms with van der Waals surface area (Å²) in [7, 11) is 0. The second-order valence-electron chi connectivity index (χ2n) is 33.3. The van der Waals surface area contributed by atoms with Crippen molar-refractivity contribution in [3.8, 4) is 0 Å². The van der Waals surface area contributed by atoms with Crippen LogP contribution in [-0.4, -0.2) is 6.61 Å². The molecule has 9 heteroatoms. The van der Waals surface area contributed by atoms with Crippen LogP contribution < -0.4 is 0 Å². The van der Waals surface area contributed by atoms with Gasteiger partial charge in [-0.2, -0.15) is 0 Å². The van der Waals surface area contributed by atoms with Crippen molar-refractivity contribution in [2.75, 3.05) is 6.61 Å². The van der Waals surface area contributed by atoms with E-state index in [2.05, 4.69) is 316 Å². The van der Waals surface area contributed by atoms with Gasteiger partial charge in [-0.3, -0.25) is 0 Å². The molecule has 0 aromatic heterocycles. The van der Waals surface area contributed by atoms with E-state index in [1.54, 1.807) is 18.2 Å². The summed E-state index contributed by atoms with van der Waals surface area (Å²) >= 11 is 35.1. The van der Waals surface area contributed by atoms with E-state index < -0.39 is 0 Å². The third-order valence-corrected chi connectivity index (χ3v) is 19.7. The molecule has 0 aliphatic heterocycles. The minimum Gasteiger partial charge on any atom is -0.377 e. The minimum atomic E-state index is -0.274. The Morgan fingerprint density at radius 1 is 0.409 bits per heavy atom. The van der Waals surface area contributed by atoms with Crippen molar-refractivity contribution in [1.82, 2.24) is 0 Å². The molecule has 0 fully saturated rings. The fourth-order valence-corrected chi connectivity index (χ4v) is 11.7. The van der Waals surface area contributed by atoms with Gasteiger partial charge < -0.3 is 4.74 Å². The largest absolute Gasteiger partial charge is 0.377 e. The van der Waals surface area contributed by atoms with E-state index in [0.29, 0.717) is 46.1 Å². The van der Waals surface area contributed by atoms with E-state index in [0.717, 1.165) is 79.5 Å². The monoisotopic (exact) mass is 1830 g/mol. The standard InChI is InChI=1S/C16H26.2C12H17Cl.C11H13Br.C11H12ClF.2C11H13Cl.C11H13I.C11H16O/c1-13(2)7-6-8-14-9-11-15(12-10-14)16(3,4)5;1-10(2)5-3-6-11-7-4-8-12(13)9-11;1-10(2)6-5-8-11-7-3-4-9-12(11)13;1-9(2)3-4-10-5-7-11(12)8-6-10;1-8(2)3-4-9-5-6-10(12)7-11(9)13;1-9(2)6-7-10-4-3-5-11(12)8-10;1-9(2)11(12)8-10-6-4-3-5-7-10;1-9(2)3-4-10-5-7-11(12)8-6-10;1-10(2)8-12-9-11-6-4-3-5-7-11/h9-13H,6-8H2,1-5H3;4,7-10H,3,5-6H2,1-2H3;3-4,7,9-10H,5-6,8H2,1-2H3;3-9H,1-2H3;3-8H,1-2H3;3*3-9H,1-2H3;3-7,10H,8-9H2,1-2H3/b;;;2*4-3+;7-6+;11-8-;4-3+;. The lowest BCUT2D eigenvalue weighted by atomic mass is 9.86. The summed E-state index contributed by atoms with van der Waals surface area (Å²) < 4.78 is 21.1. The number of halogens is 8. The molecule has 626 valence electrons. The van der Waals surface area contributed by atoms with E-state index in [-0.39, 0.29) is 11.2 Å². The highest BCUT2D eigenvalue weighted by molar-refractivity contribution is 14.1. The molecule has 115 heavy (non-hydrogen) atoms. The van der Waals surface area contributed by atoms with Crippen LogP contribution in [0.3, 0.4) is 0 Å². The fourth-order valence-electron chi connectivity index (χ4n) is 10.2. The molecular weight excluding hydrogens is 1690 g/mol. The molecule has 0 saturated carbocycles. The number of ether oxygens (including phenoxy) is 1. The molecule has 0 saturated heterocycles. The zero-order valence-electron chi connectivity index (χ0n) is 73.5. The van der Waals surface area contributed by atoms with Crippen molar-refractivity contribution in [3.05, 3.63) is 343 Å². The van der Waals surface area contributed by atoms with Crippen molar-refractivity contribution >= 4 is 127 Å². The topological polar surface area (TPSA) is 9.23 Å². The number of hydrogen-bond donors (Lipinski definition) is 0. The molecule has 0 aliphatic carbocycles. The molecular formula is C106H140BrCl5FIO. The Balaban J connectivity index is 0.000000648. The number of hydrogen-bond acceptors (Lipinski definition) is 1. The van der Waals surface area contributed by atoms with Crippen molar-refractivity contribution in [3.63, 3.8) is 0 Å². The highest BCUT2D eigenvalue weighted by atomic mass is 127. The van der Waals surface area contributed by atoms with Gasteiger partial charge in [-0.25, -0.2) is 4.39 Å². The third kappa shape index (κ3) is 60.4. The van der Waals surface area contributed by atoms with E-state index in [1.165, 1.54) is 93.5 Å². The Labute approximate surface area is 747 Å². The van der Waals surface area contributed by atoms with Crippen LogP contribution in [0.4, 0.5) is 4.39 Å². The summed E-state index contributed by atoms with van der Waals surface area (Å²) in [5, 5.41) is 3.88. The number of aryl methyl sites for hydroxylation is 3. The highest BCUT2D eigenvalue weighted by Gasteiger charge is 2.13. The van der Waals surface area contributed by atoms with Crippen LogP contribution in [0.2, 0.25) is 20.1 Å². The molecule has 0 unspecified atom stereocenters. The van der Waals surface area contributed by atoms with Crippen LogP contribution >= 0.6 is 96.5 Å². The van der Waals surface area contributed by atoms with Crippen LogP contribution in [0, 0.1) is 62.6 Å². The molecule has 9 rings (SSSR count). The lowest BCUT2D eigenvalue weighted by Gasteiger charge is -2.19. The van der Waals surface area contributed by atoms with Gasteiger partial charge in [0, 0.05) is 45.3 Å². The molecule has 1 nitrogen and oxygen atoms in total. The summed E-state index contributed by atoms with van der Waals surface area (Å²) in [6.07, 6.45) is 29.9. The predicted molar refractivity (Wildman–Crippen MR) is 529 cm³/mol. The lowest BCUT2D eigenvalue weighted by Crippen LogP contribution is -2.10. The maximum absolute atomic E-state index is 13.2. The van der Waals surface area contributed by atoms with Gasteiger partial charge in [-0.1, -0.05) is 445 Å². The fraction of sp³-hybridized carbons (Fsp3) is 0.396. The Kier molecular flexibility index (Phi) is 59.9. The zero-order valence-corrected chi connectivity index (χ0v) is 81.0. The molecule has 9 aromatic rings. The molecule has 0 heterocycles. The molecule has 0 spiro atoms. The molecule has 0 amide bonds. The van der Waals surface area contributed by atoms with Gasteiger partial charge in [-0.05, 0) is 243 Å². The molecule has 0 aliphatic rings. The van der Waals surface area contributed by atoms with Crippen molar-refractivity contribution in [2.45, 2.75) is 215 Å². The van der Waals surface area contributed by atoms with Crippen LogP contribution in [0.5, 0.6) is 0 Å². The van der Waals surface area contributed by atoms with E-state index in [1.807, 2.05) is 123 Å². The van der Waals surface area contributed by atoms with Gasteiger partial charge in [0.05, 0.1) is 6.61 Å². The van der Waals surface area contributed by atoms with E-state index >= 15 is 0 Å². The van der Waals surface area contributed by atoms with Crippen molar-refractivity contribution in [2.24, 2.45) is 53.3 Å². The maximum atomic E-state index is 13.2. The first-order valence-electron chi connectivity index (χ1n) is 41.5. The van der Waals surface area contributed by atoms with Gasteiger partial charge in [-0.15, -0.1) is 0 Å². The van der Waals surface area contributed by atoms with E-state index in [9.17, 15) is 4.39 Å². The molecule has 0 atom stereocenters. The van der Waals surface area contributed by atoms with Crippen LogP contribution in [0.1, 0.15) is 240 Å². The smallest absolute Gasteiger partial charge is 0.131 e. The Morgan fingerprint density at radius 2 is 0.835 bits per heavy atom. The summed E-state index contributed by atoms with van der Waals surface area (Å²) in [4.78, 5) is 0. The van der Waals surface area contributed by atoms with Gasteiger partial charge in [0.25, 0.3) is 0 Å². The second-order valence-corrected chi connectivity index (χ2v) is 37.6. The van der Waals surface area contributed by atoms with E-state index in [4.69, 9.17) is 62.7 Å². The molecule has 0 radical (unpaired) electrons. The first-order chi connectivity index (χ1) is 54.4. The van der Waals surface area contributed by atoms with Crippen molar-refractivity contribution in [1.29, 1.82) is 0 Å². The molecule has 0 N–H and O–H groups in total. The molecule has 0 bridgehead atoms. The Morgan fingerprint density at radius 3 is 1.30 bits per heavy atom. The SMILES string of the molecule is CC(C)/C(Cl)=C/c1ccccc1.CC(C)/C=C/c1ccc(Br)cc1.CC(C)/C=C/c1ccc(Cl)cc1F.CC(C)/C=C/c1ccc(I)cc1.CC(C)/C=C/c1cccc(Cl)c1.CC(C)CCCc1ccc(C(C)(C)C)cc1.CC(C)CCCc1cccc(Cl)c1.CC(C)CCCc1ccccc1Cl.CC(C)COCc1ccccc1. The average molecular weight is 1830 g/mol. The quantitative estimate of drug-likeness (QED) is 0.0491. The Hall–Kier alpha value is -5.77. The zero-order chi connectivity index (χ0) is 86.1. The summed E-state index contributed by atoms with van der Waals surface area (Å²) in [5.74, 6) is 5.44. The number of benzene rings is 9. The first kappa shape index (κ1) is 107. The van der Waals surface area contributed by atoms with Crippen LogP contribution in [-0.2, 0) is 36.0 Å². The summed E-state index contributed by atoms with van der Waals surface area (Å²) in [5.41, 5.74) is 12.5. The highest BCUT2D eigenvalue weighted by Crippen LogP contribution is 2.25. The van der Waals surface area contributed by atoms with Gasteiger partial charge >= 0.3 is 0 Å². The molecule has 9 aromatic carbocycles. The number of rotatable bonds is 26. The minimum absolute atomic E-state index is 0.274. The predicted octanol–water partition coefficient (Wildman–Crippen LogP) is 36.6. The van der Waals surface area contributed by atoms with Gasteiger partial charge in [0.2, 0.25) is 0 Å². The Bertz CT molecular complexity index is 4010. The van der Waals surface area contributed by atoms with Crippen LogP contribution in [0.25, 0.3) is 30.4 Å². The normalized spacial score (nSPS) is 11.3. The second kappa shape index (κ2) is 64.2. The average Bonchev–Trinajstić information content (AvgIpc) is 0.871. The van der Waals surface area contributed by atoms with Crippen molar-refractivity contribution < 1.29 is 9.13 Å². The lowest BCUT2D eigenvalue weighted by molar-refractivity contribution is 0.0971. The maximum Gasteiger partial charge on any atom is 0.131 e. The van der Waals surface area contributed by atoms with Crippen LogP contribution in [0.15, 0.2) is 258 Å². The first-order valence-corrected chi connectivity index (χ1v) is 45.2. The summed E-state index contributed by atoms with van der Waals surface area (Å²) in [6.45, 7) is 47.6. The van der Waals surface area contributed by atoms with Gasteiger partial charge in [0.15, 0.2) is 0 Å². The summed E-state index contributed by atoms with van der Waals surface area (Å²) in [6, 6.07) is 75.2. The third-order valence-electron chi connectivity index (χ3n) is 16.8. The van der Waals surface area contributed by atoms with Gasteiger partial charge in [0.1, 0.15) is 5.82 Å². The number of allylic oxidation sites excluding steroid dienone is 5.